The third-order valence-corrected chi connectivity index (χ3v) is 9.93. The summed E-state index contributed by atoms with van der Waals surface area (Å²) in [6.45, 7) is 18.4. The third kappa shape index (κ3) is 3.58. The zero-order chi connectivity index (χ0) is 13.3. The Labute approximate surface area is 108 Å². The van der Waals surface area contributed by atoms with Gasteiger partial charge in [0.2, 0.25) is 0 Å². The number of anilines is 1. The van der Waals surface area contributed by atoms with Gasteiger partial charge in [0.1, 0.15) is 16.5 Å². The zero-order valence-corrected chi connectivity index (χ0v) is 14.0. The van der Waals surface area contributed by atoms with Crippen molar-refractivity contribution in [2.24, 2.45) is 0 Å². The molecule has 0 N–H and O–H groups in total. The summed E-state index contributed by atoms with van der Waals surface area (Å²) in [6.07, 6.45) is 1.93. The minimum Gasteiger partial charge on any atom is -0.425 e. The highest BCUT2D eigenvalue weighted by atomic mass is 28.4. The number of hydrogen-bond donors (Lipinski definition) is 0. The largest absolute Gasteiger partial charge is 0.425 e. The van der Waals surface area contributed by atoms with Crippen molar-refractivity contribution in [3.63, 3.8) is 0 Å². The van der Waals surface area contributed by atoms with E-state index < -0.39 is 16.5 Å². The molecule has 0 unspecified atom stereocenters. The van der Waals surface area contributed by atoms with E-state index >= 15 is 0 Å². The quantitative estimate of drug-likeness (QED) is 0.705. The first-order valence-corrected chi connectivity index (χ1v) is 13.1. The maximum absolute atomic E-state index is 3.86. The molecular weight excluding hydrogens is 238 g/mol. The van der Waals surface area contributed by atoms with E-state index in [2.05, 4.69) is 74.4 Å². The summed E-state index contributed by atoms with van der Waals surface area (Å²) in [5.74, 6) is 0. The van der Waals surface area contributed by atoms with Crippen LogP contribution >= 0.6 is 0 Å². The van der Waals surface area contributed by atoms with E-state index in [9.17, 15) is 0 Å². The number of nitrogens with zero attached hydrogens (tertiary/aromatic N) is 1. The molecule has 3 heteroatoms. The molecule has 0 fully saturated rings. The Hall–Kier alpha value is -0.806. The lowest BCUT2D eigenvalue weighted by molar-refractivity contribution is 1.35. The highest BCUT2D eigenvalue weighted by Crippen LogP contribution is 2.28. The second kappa shape index (κ2) is 4.82. The lowest BCUT2D eigenvalue weighted by atomic mass is 10.2. The van der Waals surface area contributed by atoms with Crippen molar-refractivity contribution in [2.45, 2.75) is 39.3 Å². The molecule has 94 valence electrons. The average molecular weight is 264 g/mol. The van der Waals surface area contributed by atoms with Gasteiger partial charge in [-0.2, -0.15) is 0 Å². The van der Waals surface area contributed by atoms with Crippen molar-refractivity contribution in [1.29, 1.82) is 0 Å². The van der Waals surface area contributed by atoms with Crippen LogP contribution in [-0.2, 0) is 0 Å². The van der Waals surface area contributed by atoms with Gasteiger partial charge in [-0.25, -0.2) is 0 Å². The molecule has 1 nitrogen and oxygen atoms in total. The van der Waals surface area contributed by atoms with E-state index in [-0.39, 0.29) is 0 Å². The Bertz CT molecular complexity index is 385. The summed E-state index contributed by atoms with van der Waals surface area (Å²) >= 11 is 0. The Morgan fingerprint density at radius 1 is 1.00 bits per heavy atom. The smallest absolute Gasteiger partial charge is 0.138 e. The molecule has 0 heterocycles. The van der Waals surface area contributed by atoms with Crippen LogP contribution in [0.4, 0.5) is 5.69 Å². The van der Waals surface area contributed by atoms with Crippen molar-refractivity contribution in [3.8, 4) is 0 Å². The standard InChI is InChI=1S/C14H25NSi2/c1-8-13-10-9-11-14(12-13)15(16(2,3)4)17(5,6)7/h8-12H,1H2,2-7H3. The van der Waals surface area contributed by atoms with Gasteiger partial charge in [-0.3, -0.25) is 0 Å². The minimum atomic E-state index is -1.34. The van der Waals surface area contributed by atoms with E-state index in [1.54, 1.807) is 0 Å². The summed E-state index contributed by atoms with van der Waals surface area (Å²) < 4.78 is 2.73. The fraction of sp³-hybridized carbons (Fsp3) is 0.429. The highest BCUT2D eigenvalue weighted by molar-refractivity contribution is 6.99. The van der Waals surface area contributed by atoms with Crippen LogP contribution in [0.5, 0.6) is 0 Å². The van der Waals surface area contributed by atoms with Crippen molar-refractivity contribution < 1.29 is 0 Å². The van der Waals surface area contributed by atoms with Crippen molar-refractivity contribution >= 4 is 28.2 Å². The predicted octanol–water partition coefficient (Wildman–Crippen LogP) is 4.81. The lowest BCUT2D eigenvalue weighted by Gasteiger charge is -2.46. The monoisotopic (exact) mass is 263 g/mol. The van der Waals surface area contributed by atoms with Crippen LogP contribution in [0.3, 0.4) is 0 Å². The van der Waals surface area contributed by atoms with E-state index in [4.69, 9.17) is 0 Å². The molecule has 17 heavy (non-hydrogen) atoms. The van der Waals surface area contributed by atoms with Gasteiger partial charge < -0.3 is 4.23 Å². The van der Waals surface area contributed by atoms with Crippen molar-refractivity contribution in [1.82, 2.24) is 0 Å². The van der Waals surface area contributed by atoms with E-state index in [1.807, 2.05) is 6.08 Å². The van der Waals surface area contributed by atoms with Gasteiger partial charge in [0, 0.05) is 5.69 Å². The SMILES string of the molecule is C=Cc1cccc(N([Si](C)(C)C)[Si](C)(C)C)c1. The molecule has 1 aromatic carbocycles. The summed E-state index contributed by atoms with van der Waals surface area (Å²) in [7, 11) is -2.68. The molecule has 0 amide bonds. The zero-order valence-electron chi connectivity index (χ0n) is 12.0. The summed E-state index contributed by atoms with van der Waals surface area (Å²) in [5, 5.41) is 0. The van der Waals surface area contributed by atoms with Crippen LogP contribution in [0, 0.1) is 0 Å². The van der Waals surface area contributed by atoms with Crippen molar-refractivity contribution in [2.75, 3.05) is 4.23 Å². The summed E-state index contributed by atoms with van der Waals surface area (Å²) in [4.78, 5) is 0. The highest BCUT2D eigenvalue weighted by Gasteiger charge is 2.34. The fourth-order valence-electron chi connectivity index (χ4n) is 2.57. The van der Waals surface area contributed by atoms with Crippen LogP contribution in [0.25, 0.3) is 6.08 Å². The number of rotatable bonds is 4. The Balaban J connectivity index is 3.27. The van der Waals surface area contributed by atoms with Gasteiger partial charge in [0.25, 0.3) is 0 Å². The molecule has 0 aromatic heterocycles. The third-order valence-electron chi connectivity index (χ3n) is 2.71. The Morgan fingerprint density at radius 3 is 1.94 bits per heavy atom. The second-order valence-corrected chi connectivity index (χ2v) is 16.5. The normalized spacial score (nSPS) is 12.4. The number of benzene rings is 1. The van der Waals surface area contributed by atoms with E-state index in [0.717, 1.165) is 0 Å². The first kappa shape index (κ1) is 14.3. The molecule has 1 aromatic rings. The average Bonchev–Trinajstić information content (AvgIpc) is 2.13. The topological polar surface area (TPSA) is 3.24 Å². The van der Waals surface area contributed by atoms with Crippen LogP contribution in [0.2, 0.25) is 39.3 Å². The van der Waals surface area contributed by atoms with Gasteiger partial charge in [0.15, 0.2) is 0 Å². The fourth-order valence-corrected chi connectivity index (χ4v) is 12.4. The van der Waals surface area contributed by atoms with E-state index in [0.29, 0.717) is 0 Å². The first-order valence-electron chi connectivity index (χ1n) is 6.19. The summed E-state index contributed by atoms with van der Waals surface area (Å²) in [6, 6.07) is 8.76. The molecule has 0 aliphatic heterocycles. The van der Waals surface area contributed by atoms with Gasteiger partial charge in [0.05, 0.1) is 0 Å². The van der Waals surface area contributed by atoms with Crippen LogP contribution < -0.4 is 4.23 Å². The molecule has 0 aliphatic carbocycles. The Kier molecular flexibility index (Phi) is 4.04. The minimum absolute atomic E-state index is 1.21. The van der Waals surface area contributed by atoms with Crippen LogP contribution in [0.1, 0.15) is 5.56 Å². The molecule has 0 atom stereocenters. The van der Waals surface area contributed by atoms with Crippen LogP contribution in [-0.4, -0.2) is 16.5 Å². The van der Waals surface area contributed by atoms with E-state index in [1.165, 1.54) is 11.3 Å². The second-order valence-electron chi connectivity index (χ2n) is 6.48. The molecule has 1 rings (SSSR count). The molecular formula is C14H25NSi2. The van der Waals surface area contributed by atoms with Gasteiger partial charge >= 0.3 is 0 Å². The van der Waals surface area contributed by atoms with Crippen molar-refractivity contribution in [3.05, 3.63) is 36.4 Å². The Morgan fingerprint density at radius 2 is 1.53 bits per heavy atom. The maximum Gasteiger partial charge on any atom is 0.138 e. The predicted molar refractivity (Wildman–Crippen MR) is 85.7 cm³/mol. The lowest BCUT2D eigenvalue weighted by Crippen LogP contribution is -2.59. The summed E-state index contributed by atoms with van der Waals surface area (Å²) in [5.41, 5.74) is 2.59. The molecule has 0 aliphatic rings. The van der Waals surface area contributed by atoms with Crippen LogP contribution in [0.15, 0.2) is 30.8 Å². The first-order chi connectivity index (χ1) is 7.66. The molecule has 0 saturated carbocycles. The van der Waals surface area contributed by atoms with Gasteiger partial charge in [-0.05, 0) is 17.7 Å². The maximum atomic E-state index is 3.86. The molecule has 0 radical (unpaired) electrons. The molecule has 0 bridgehead atoms. The molecule has 0 saturated heterocycles. The number of hydrogen-bond acceptors (Lipinski definition) is 1. The molecule has 0 spiro atoms. The van der Waals surface area contributed by atoms with Gasteiger partial charge in [-0.1, -0.05) is 64.1 Å². The van der Waals surface area contributed by atoms with Gasteiger partial charge in [-0.15, -0.1) is 0 Å².